The van der Waals surface area contributed by atoms with Crippen molar-refractivity contribution in [2.45, 2.75) is 123 Å². The van der Waals surface area contributed by atoms with Crippen LogP contribution in [0.4, 0.5) is 14.7 Å². The number of nitrogens with zero attached hydrogens (tertiary/aromatic N) is 6. The van der Waals surface area contributed by atoms with Crippen LogP contribution in [0.15, 0.2) is 42.7 Å². The molecule has 0 bridgehead atoms. The van der Waals surface area contributed by atoms with Crippen molar-refractivity contribution in [2.24, 2.45) is 16.7 Å². The van der Waals surface area contributed by atoms with Gasteiger partial charge in [-0.1, -0.05) is 27.7 Å². The Morgan fingerprint density at radius 2 is 1.65 bits per heavy atom. The van der Waals surface area contributed by atoms with Gasteiger partial charge in [0.2, 0.25) is 17.8 Å². The van der Waals surface area contributed by atoms with Crippen LogP contribution in [0.5, 0.6) is 11.5 Å². The molecule has 2 N–H and O–H groups in total. The number of aromatic nitrogens is 2. The fraction of sp³-hybridized carbons (Fsp3) is 0.553. The third-order valence-corrected chi connectivity index (χ3v) is 14.0. The Balaban J connectivity index is 0.798. The van der Waals surface area contributed by atoms with Crippen molar-refractivity contribution in [2.75, 3.05) is 31.1 Å². The number of ether oxygens (including phenoxy) is 2. The molecule has 3 aliphatic heterocycles. The molecule has 2 saturated carbocycles. The van der Waals surface area contributed by atoms with Crippen molar-refractivity contribution >= 4 is 29.6 Å². The van der Waals surface area contributed by atoms with E-state index in [0.717, 1.165) is 29.5 Å². The van der Waals surface area contributed by atoms with Crippen LogP contribution < -0.4 is 25.0 Å². The SMILES string of the molecule is Cc1cc(OC2C(C)(C)C(NC(=O)c3cnc(N4CCC(CN(CC(F)F)C5CC(Oc6ccc7c(c6)CN(C6CCC(=O)NC6=O)C7=O)C5)CC4)nc3)C2(C)C)cc(C)c1C#N. The average Bonchev–Trinajstić information content (AvgIpc) is 3.54. The summed E-state index contributed by atoms with van der Waals surface area (Å²) in [5, 5.41) is 15.0. The first-order valence-corrected chi connectivity index (χ1v) is 21.9. The molecule has 14 nitrogen and oxygen atoms in total. The van der Waals surface area contributed by atoms with E-state index >= 15 is 0 Å². The van der Waals surface area contributed by atoms with Crippen molar-refractivity contribution < 1.29 is 37.4 Å². The summed E-state index contributed by atoms with van der Waals surface area (Å²) in [7, 11) is 0. The van der Waals surface area contributed by atoms with Gasteiger partial charge in [-0.15, -0.1) is 0 Å². The highest BCUT2D eigenvalue weighted by atomic mass is 19.3. The van der Waals surface area contributed by atoms with E-state index in [-0.39, 0.29) is 73.9 Å². The van der Waals surface area contributed by atoms with E-state index in [9.17, 15) is 33.2 Å². The fourth-order valence-corrected chi connectivity index (χ4v) is 10.9. The smallest absolute Gasteiger partial charge is 0.255 e. The minimum atomic E-state index is -2.46. The maximum absolute atomic E-state index is 13.8. The first kappa shape index (κ1) is 43.9. The standard InChI is InChI=1S/C47H56F2N8O6/c1-26-15-33(16-27(2)36(26)20-50)63-44-46(3,4)43(47(44,5)6)54-40(59)30-21-51-45(52-22-30)55-13-11-28(12-14-55)23-56(25-38(48)49)31-18-34(19-31)62-32-7-8-35-29(17-32)24-57(42(35)61)37-9-10-39(58)53-41(37)60/h7-8,15-17,21-22,28,31,34,37-38,43-44H,9-14,18-19,23-25H2,1-6H3,(H,54,59)(H,53,58,60). The number of anilines is 1. The summed E-state index contributed by atoms with van der Waals surface area (Å²) in [6.07, 6.45) is 3.58. The molecular formula is C47H56F2N8O6. The summed E-state index contributed by atoms with van der Waals surface area (Å²) in [5.41, 5.74) is 3.21. The topological polar surface area (TPSA) is 170 Å². The van der Waals surface area contributed by atoms with Gasteiger partial charge in [0, 0.05) is 86.3 Å². The molecule has 0 radical (unpaired) electrons. The average molecular weight is 867 g/mol. The predicted molar refractivity (Wildman–Crippen MR) is 228 cm³/mol. The minimum Gasteiger partial charge on any atom is -0.490 e. The summed E-state index contributed by atoms with van der Waals surface area (Å²) in [6.45, 7) is 14.0. The lowest BCUT2D eigenvalue weighted by Gasteiger charge is -2.63. The zero-order chi connectivity index (χ0) is 45.0. The second-order valence-corrected chi connectivity index (χ2v) is 19.2. The van der Waals surface area contributed by atoms with Crippen molar-refractivity contribution in [3.63, 3.8) is 0 Å². The minimum absolute atomic E-state index is 0.0337. The molecule has 2 aromatic carbocycles. The number of piperidine rings is 2. The third kappa shape index (κ3) is 8.68. The van der Waals surface area contributed by atoms with Crippen molar-refractivity contribution in [3.05, 3.63) is 76.1 Å². The molecule has 3 aromatic rings. The number of carbonyl (C=O) groups excluding carboxylic acids is 4. The number of nitrogens with one attached hydrogen (secondary N) is 2. The first-order valence-electron chi connectivity index (χ1n) is 21.9. The van der Waals surface area contributed by atoms with Crippen LogP contribution in [0.1, 0.15) is 109 Å². The number of hydrogen-bond acceptors (Lipinski definition) is 11. The highest BCUT2D eigenvalue weighted by Gasteiger charge is 2.64. The first-order chi connectivity index (χ1) is 29.9. The zero-order valence-corrected chi connectivity index (χ0v) is 36.7. The van der Waals surface area contributed by atoms with Gasteiger partial charge >= 0.3 is 0 Å². The van der Waals surface area contributed by atoms with E-state index in [1.165, 1.54) is 4.90 Å². The molecule has 16 heteroatoms. The molecule has 5 aliphatic rings. The predicted octanol–water partition coefficient (Wildman–Crippen LogP) is 5.73. The number of hydrogen-bond donors (Lipinski definition) is 2. The quantitative estimate of drug-likeness (QED) is 0.201. The summed E-state index contributed by atoms with van der Waals surface area (Å²) < 4.78 is 40.4. The molecule has 4 heterocycles. The van der Waals surface area contributed by atoms with E-state index in [0.29, 0.717) is 66.6 Å². The van der Waals surface area contributed by atoms with E-state index in [1.54, 1.807) is 24.5 Å². The van der Waals surface area contributed by atoms with Crippen molar-refractivity contribution in [3.8, 4) is 17.6 Å². The van der Waals surface area contributed by atoms with Crippen LogP contribution in [0.3, 0.4) is 0 Å². The Hall–Kier alpha value is -5.69. The maximum Gasteiger partial charge on any atom is 0.255 e. The number of nitriles is 1. The van der Waals surface area contributed by atoms with E-state index in [2.05, 4.69) is 59.3 Å². The number of rotatable bonds is 13. The summed E-state index contributed by atoms with van der Waals surface area (Å²) in [6, 6.07) is 10.4. The molecule has 1 unspecified atom stereocenters. The molecule has 4 fully saturated rings. The summed E-state index contributed by atoms with van der Waals surface area (Å²) in [4.78, 5) is 65.2. The molecule has 0 spiro atoms. The van der Waals surface area contributed by atoms with E-state index < -0.39 is 29.2 Å². The lowest BCUT2D eigenvalue weighted by molar-refractivity contribution is -0.164. The largest absolute Gasteiger partial charge is 0.490 e. The highest BCUT2D eigenvalue weighted by molar-refractivity contribution is 6.05. The lowest BCUT2D eigenvalue weighted by atomic mass is 9.49. The Morgan fingerprint density at radius 3 is 2.27 bits per heavy atom. The van der Waals surface area contributed by atoms with Crippen LogP contribution >= 0.6 is 0 Å². The lowest BCUT2D eigenvalue weighted by Crippen LogP contribution is -2.74. The van der Waals surface area contributed by atoms with Gasteiger partial charge < -0.3 is 24.6 Å². The van der Waals surface area contributed by atoms with Crippen LogP contribution in [0.25, 0.3) is 0 Å². The van der Waals surface area contributed by atoms with Crippen molar-refractivity contribution in [1.29, 1.82) is 5.26 Å². The van der Waals surface area contributed by atoms with Gasteiger partial charge in [-0.25, -0.2) is 18.7 Å². The Bertz CT molecular complexity index is 2280. The molecule has 4 amide bonds. The number of alkyl halides is 2. The molecule has 63 heavy (non-hydrogen) atoms. The second-order valence-electron chi connectivity index (χ2n) is 19.2. The Kier molecular flexibility index (Phi) is 11.9. The molecule has 2 saturated heterocycles. The number of benzene rings is 2. The van der Waals surface area contributed by atoms with Gasteiger partial charge in [0.05, 0.1) is 23.7 Å². The van der Waals surface area contributed by atoms with Crippen LogP contribution in [0, 0.1) is 41.9 Å². The monoisotopic (exact) mass is 866 g/mol. The number of halogens is 2. The highest BCUT2D eigenvalue weighted by Crippen LogP contribution is 2.55. The summed E-state index contributed by atoms with van der Waals surface area (Å²) >= 11 is 0. The molecular weight excluding hydrogens is 811 g/mol. The zero-order valence-electron chi connectivity index (χ0n) is 36.7. The number of imide groups is 1. The van der Waals surface area contributed by atoms with Crippen LogP contribution in [-0.4, -0.2) is 106 Å². The Morgan fingerprint density at radius 1 is 0.984 bits per heavy atom. The number of aryl methyl sites for hydroxylation is 2. The summed E-state index contributed by atoms with van der Waals surface area (Å²) in [5.74, 6) is 0.734. The van der Waals surface area contributed by atoms with Gasteiger partial charge in [0.25, 0.3) is 18.2 Å². The maximum atomic E-state index is 13.8. The molecule has 8 rings (SSSR count). The van der Waals surface area contributed by atoms with E-state index in [1.807, 2.05) is 36.9 Å². The third-order valence-electron chi connectivity index (χ3n) is 14.0. The van der Waals surface area contributed by atoms with Crippen molar-refractivity contribution in [1.82, 2.24) is 30.4 Å². The number of fused-ring (bicyclic) bond motifs is 1. The normalized spacial score (nSPS) is 25.2. The molecule has 1 atom stereocenters. The Labute approximate surface area is 366 Å². The number of carbonyl (C=O) groups is 4. The second kappa shape index (κ2) is 17.1. The van der Waals surface area contributed by atoms with E-state index in [4.69, 9.17) is 9.47 Å². The number of amides is 4. The van der Waals surface area contributed by atoms with Crippen LogP contribution in [-0.2, 0) is 16.1 Å². The fourth-order valence-electron chi connectivity index (χ4n) is 10.9. The van der Waals surface area contributed by atoms with Gasteiger partial charge in [-0.3, -0.25) is 29.4 Å². The van der Waals surface area contributed by atoms with Crippen LogP contribution in [0.2, 0.25) is 0 Å². The molecule has 1 aromatic heterocycles. The van der Waals surface area contributed by atoms with Gasteiger partial charge in [-0.2, -0.15) is 5.26 Å². The molecule has 2 aliphatic carbocycles. The molecule has 334 valence electrons. The van der Waals surface area contributed by atoms with Gasteiger partial charge in [-0.05, 0) is 86.1 Å². The van der Waals surface area contributed by atoms with Gasteiger partial charge in [0.1, 0.15) is 29.7 Å². The van der Waals surface area contributed by atoms with Gasteiger partial charge in [0.15, 0.2) is 0 Å².